The molecule has 3 nitrogen and oxygen atoms in total. The van der Waals surface area contributed by atoms with Gasteiger partial charge in [0.25, 0.3) is 0 Å². The maximum Gasteiger partial charge on any atom is 0.126 e. The first kappa shape index (κ1) is 17.5. The Morgan fingerprint density at radius 1 is 1.00 bits per heavy atom. The quantitative estimate of drug-likeness (QED) is 0.864. The Hall–Kier alpha value is -1.91. The van der Waals surface area contributed by atoms with E-state index in [1.165, 1.54) is 11.6 Å². The third-order valence-corrected chi connectivity index (χ3v) is 6.07. The van der Waals surface area contributed by atoms with Crippen molar-refractivity contribution in [1.29, 1.82) is 0 Å². The fourth-order valence-corrected chi connectivity index (χ4v) is 4.83. The van der Waals surface area contributed by atoms with Crippen LogP contribution in [0.5, 0.6) is 5.75 Å². The fraction of sp³-hybridized carbons (Fsp3) is 0.455. The van der Waals surface area contributed by atoms with Crippen molar-refractivity contribution in [3.63, 3.8) is 0 Å². The molecule has 0 spiro atoms. The molecule has 2 N–H and O–H groups in total. The average Bonchev–Trinajstić information content (AvgIpc) is 3.11. The van der Waals surface area contributed by atoms with Crippen LogP contribution in [0.4, 0.5) is 4.39 Å². The number of likely N-dealkylation sites (tertiary alicyclic amines) is 1. The van der Waals surface area contributed by atoms with Crippen molar-refractivity contribution in [1.82, 2.24) is 4.90 Å². The van der Waals surface area contributed by atoms with Crippen LogP contribution >= 0.6 is 0 Å². The van der Waals surface area contributed by atoms with E-state index in [9.17, 15) is 14.6 Å². The van der Waals surface area contributed by atoms with Gasteiger partial charge in [-0.15, -0.1) is 0 Å². The number of fused-ring (bicyclic) bond motifs is 1. The van der Waals surface area contributed by atoms with Crippen LogP contribution in [-0.4, -0.2) is 40.3 Å². The van der Waals surface area contributed by atoms with E-state index in [1.807, 2.05) is 18.2 Å². The summed E-state index contributed by atoms with van der Waals surface area (Å²) in [5.41, 5.74) is 1.09. The van der Waals surface area contributed by atoms with Crippen LogP contribution in [-0.2, 0) is 12.8 Å². The van der Waals surface area contributed by atoms with E-state index in [1.54, 1.807) is 24.3 Å². The normalized spacial score (nSPS) is 28.4. The first-order valence-electron chi connectivity index (χ1n) is 9.47. The molecule has 2 aliphatic rings. The SMILES string of the molecule is Oc1ccc(CCN2CC3CC(O)(Cc4ccccc4F)CC3C2)cc1. The van der Waals surface area contributed by atoms with Gasteiger partial charge in [-0.1, -0.05) is 30.3 Å². The lowest BCUT2D eigenvalue weighted by Gasteiger charge is -2.26. The summed E-state index contributed by atoms with van der Waals surface area (Å²) >= 11 is 0. The van der Waals surface area contributed by atoms with Crippen molar-refractivity contribution in [2.24, 2.45) is 11.8 Å². The smallest absolute Gasteiger partial charge is 0.126 e. The van der Waals surface area contributed by atoms with Crippen LogP contribution < -0.4 is 0 Å². The van der Waals surface area contributed by atoms with Gasteiger partial charge in [0.1, 0.15) is 11.6 Å². The second-order valence-electron chi connectivity index (χ2n) is 8.10. The van der Waals surface area contributed by atoms with Crippen LogP contribution in [0, 0.1) is 17.7 Å². The molecule has 1 aliphatic carbocycles. The summed E-state index contributed by atoms with van der Waals surface area (Å²) in [6.07, 6.45) is 2.92. The number of aromatic hydroxyl groups is 1. The third kappa shape index (κ3) is 3.76. The average molecular weight is 355 g/mol. The standard InChI is InChI=1S/C22H26FNO2/c23-21-4-2-1-3-17(21)11-22(26)12-18-14-24(15-19(18)13-22)10-9-16-5-7-20(25)8-6-16/h1-8,18-19,25-26H,9-15H2. The van der Waals surface area contributed by atoms with Crippen LogP contribution in [0.3, 0.4) is 0 Å². The second-order valence-corrected chi connectivity index (χ2v) is 8.10. The molecule has 4 heteroatoms. The number of rotatable bonds is 5. The molecule has 0 bridgehead atoms. The second kappa shape index (κ2) is 7.01. The highest BCUT2D eigenvalue weighted by molar-refractivity contribution is 5.26. The number of nitrogens with zero attached hydrogens (tertiary/aromatic N) is 1. The van der Waals surface area contributed by atoms with E-state index in [0.717, 1.165) is 38.9 Å². The monoisotopic (exact) mass is 355 g/mol. The lowest BCUT2D eigenvalue weighted by molar-refractivity contribution is 0.0347. The third-order valence-electron chi connectivity index (χ3n) is 6.07. The Kier molecular flexibility index (Phi) is 4.72. The number of phenols is 1. The Bertz CT molecular complexity index is 747. The van der Waals surface area contributed by atoms with Crippen molar-refractivity contribution < 1.29 is 14.6 Å². The topological polar surface area (TPSA) is 43.7 Å². The van der Waals surface area contributed by atoms with Crippen molar-refractivity contribution >= 4 is 0 Å². The van der Waals surface area contributed by atoms with E-state index < -0.39 is 5.60 Å². The lowest BCUT2D eigenvalue weighted by atomic mass is 9.91. The van der Waals surface area contributed by atoms with E-state index in [2.05, 4.69) is 4.90 Å². The van der Waals surface area contributed by atoms with Gasteiger partial charge in [-0.2, -0.15) is 0 Å². The molecule has 138 valence electrons. The molecule has 0 aromatic heterocycles. The summed E-state index contributed by atoms with van der Waals surface area (Å²) in [5, 5.41) is 20.3. The fourth-order valence-electron chi connectivity index (χ4n) is 4.83. The molecule has 1 aliphatic heterocycles. The van der Waals surface area contributed by atoms with Gasteiger partial charge in [0.2, 0.25) is 0 Å². The van der Waals surface area contributed by atoms with Gasteiger partial charge in [-0.05, 0) is 60.4 Å². The van der Waals surface area contributed by atoms with E-state index in [-0.39, 0.29) is 5.82 Å². The largest absolute Gasteiger partial charge is 0.508 e. The van der Waals surface area contributed by atoms with Gasteiger partial charge in [0, 0.05) is 26.1 Å². The molecule has 2 unspecified atom stereocenters. The highest BCUT2D eigenvalue weighted by atomic mass is 19.1. The lowest BCUT2D eigenvalue weighted by Crippen LogP contribution is -2.33. The molecule has 0 radical (unpaired) electrons. The maximum absolute atomic E-state index is 13.9. The van der Waals surface area contributed by atoms with Crippen molar-refractivity contribution in [2.75, 3.05) is 19.6 Å². The van der Waals surface area contributed by atoms with Gasteiger partial charge >= 0.3 is 0 Å². The maximum atomic E-state index is 13.9. The zero-order valence-corrected chi connectivity index (χ0v) is 14.9. The summed E-state index contributed by atoms with van der Waals surface area (Å²) in [4.78, 5) is 2.48. The molecule has 1 saturated heterocycles. The minimum Gasteiger partial charge on any atom is -0.508 e. The Labute approximate surface area is 154 Å². The molecule has 2 aromatic rings. The van der Waals surface area contributed by atoms with Crippen molar-refractivity contribution in [2.45, 2.75) is 31.3 Å². The number of benzene rings is 2. The van der Waals surface area contributed by atoms with E-state index in [4.69, 9.17) is 0 Å². The molecule has 2 atom stereocenters. The van der Waals surface area contributed by atoms with Crippen LogP contribution in [0.25, 0.3) is 0 Å². The minimum atomic E-state index is -0.763. The van der Waals surface area contributed by atoms with Gasteiger partial charge in [-0.3, -0.25) is 0 Å². The Morgan fingerprint density at radius 3 is 2.31 bits per heavy atom. The van der Waals surface area contributed by atoms with Crippen LogP contribution in [0.15, 0.2) is 48.5 Å². The zero-order chi connectivity index (χ0) is 18.1. The van der Waals surface area contributed by atoms with Gasteiger partial charge < -0.3 is 15.1 Å². The predicted octanol–water partition coefficient (Wildman–Crippen LogP) is 3.39. The van der Waals surface area contributed by atoms with E-state index >= 15 is 0 Å². The summed E-state index contributed by atoms with van der Waals surface area (Å²) in [6.45, 7) is 3.04. The molecular weight excluding hydrogens is 329 g/mol. The summed E-state index contributed by atoms with van der Waals surface area (Å²) in [6, 6.07) is 14.2. The van der Waals surface area contributed by atoms with E-state index in [0.29, 0.717) is 29.6 Å². The van der Waals surface area contributed by atoms with Gasteiger partial charge in [-0.25, -0.2) is 4.39 Å². The van der Waals surface area contributed by atoms with Gasteiger partial charge in [0.05, 0.1) is 5.60 Å². The molecule has 1 saturated carbocycles. The molecule has 2 aromatic carbocycles. The van der Waals surface area contributed by atoms with Crippen LogP contribution in [0.2, 0.25) is 0 Å². The number of aliphatic hydroxyl groups is 1. The first-order valence-corrected chi connectivity index (χ1v) is 9.47. The number of hydrogen-bond acceptors (Lipinski definition) is 3. The minimum absolute atomic E-state index is 0.214. The zero-order valence-electron chi connectivity index (χ0n) is 14.9. The predicted molar refractivity (Wildman–Crippen MR) is 99.5 cm³/mol. The highest BCUT2D eigenvalue weighted by Gasteiger charge is 2.48. The number of hydrogen-bond donors (Lipinski definition) is 2. The number of phenolic OH excluding ortho intramolecular Hbond substituents is 1. The summed E-state index contributed by atoms with van der Waals surface area (Å²) in [7, 11) is 0. The molecule has 2 fully saturated rings. The van der Waals surface area contributed by atoms with Crippen molar-refractivity contribution in [3.8, 4) is 5.75 Å². The number of halogens is 1. The first-order chi connectivity index (χ1) is 12.5. The summed E-state index contributed by atoms with van der Waals surface area (Å²) < 4.78 is 13.9. The van der Waals surface area contributed by atoms with Crippen LogP contribution in [0.1, 0.15) is 24.0 Å². The van der Waals surface area contributed by atoms with Crippen molar-refractivity contribution in [3.05, 3.63) is 65.5 Å². The molecular formula is C22H26FNO2. The molecule has 4 rings (SSSR count). The molecule has 0 amide bonds. The molecule has 26 heavy (non-hydrogen) atoms. The summed E-state index contributed by atoms with van der Waals surface area (Å²) in [5.74, 6) is 1.10. The Balaban J connectivity index is 1.31. The molecule has 1 heterocycles. The van der Waals surface area contributed by atoms with Gasteiger partial charge in [0.15, 0.2) is 0 Å². The highest BCUT2D eigenvalue weighted by Crippen LogP contribution is 2.45. The Morgan fingerprint density at radius 2 is 1.65 bits per heavy atom.